The smallest absolute Gasteiger partial charge is 0.292 e. The standard InChI is InChI=1S/C7H12N4O2/c1-4(3-8)9-7(12)6-10-5(2)13-11-6/h4H,3,8H2,1-2H3,(H,9,12)/t4-/m1/s1. The fraction of sp³-hybridized carbons (Fsp3) is 0.571. The van der Waals surface area contributed by atoms with Crippen LogP contribution in [0.5, 0.6) is 0 Å². The van der Waals surface area contributed by atoms with Crippen LogP contribution in [0.25, 0.3) is 0 Å². The number of nitrogens with two attached hydrogens (primary N) is 1. The number of amides is 1. The van der Waals surface area contributed by atoms with Crippen molar-refractivity contribution >= 4 is 5.91 Å². The van der Waals surface area contributed by atoms with Crippen LogP contribution in [0.2, 0.25) is 0 Å². The van der Waals surface area contributed by atoms with Crippen LogP contribution in [0.1, 0.15) is 23.4 Å². The summed E-state index contributed by atoms with van der Waals surface area (Å²) in [6.45, 7) is 3.80. The molecule has 1 heterocycles. The van der Waals surface area contributed by atoms with Gasteiger partial charge in [0.1, 0.15) is 0 Å². The summed E-state index contributed by atoms with van der Waals surface area (Å²) in [6.07, 6.45) is 0. The molecule has 1 aromatic rings. The van der Waals surface area contributed by atoms with Crippen molar-refractivity contribution in [2.24, 2.45) is 5.73 Å². The summed E-state index contributed by atoms with van der Waals surface area (Å²) in [6, 6.07) is -0.0914. The zero-order valence-corrected chi connectivity index (χ0v) is 7.57. The maximum Gasteiger partial charge on any atom is 0.292 e. The Bertz CT molecular complexity index is 296. The largest absolute Gasteiger partial charge is 0.345 e. The van der Waals surface area contributed by atoms with E-state index in [0.717, 1.165) is 0 Å². The molecule has 72 valence electrons. The Kier molecular flexibility index (Phi) is 2.97. The van der Waals surface area contributed by atoms with Gasteiger partial charge in [-0.3, -0.25) is 4.79 Å². The molecule has 0 fully saturated rings. The van der Waals surface area contributed by atoms with E-state index in [2.05, 4.69) is 20.0 Å². The van der Waals surface area contributed by atoms with Crippen molar-refractivity contribution in [3.05, 3.63) is 11.7 Å². The number of carbonyl (C=O) groups is 1. The normalized spacial score (nSPS) is 12.5. The molecule has 0 spiro atoms. The van der Waals surface area contributed by atoms with Crippen LogP contribution in [0.4, 0.5) is 0 Å². The van der Waals surface area contributed by atoms with Gasteiger partial charge in [0.25, 0.3) is 11.7 Å². The average Bonchev–Trinajstić information content (AvgIpc) is 2.51. The molecule has 1 atom stereocenters. The molecule has 13 heavy (non-hydrogen) atoms. The Morgan fingerprint density at radius 2 is 2.46 bits per heavy atom. The molecule has 1 aromatic heterocycles. The van der Waals surface area contributed by atoms with Crippen LogP contribution in [-0.4, -0.2) is 28.6 Å². The Hall–Kier alpha value is -1.43. The molecule has 3 N–H and O–H groups in total. The van der Waals surface area contributed by atoms with E-state index < -0.39 is 0 Å². The van der Waals surface area contributed by atoms with Gasteiger partial charge >= 0.3 is 0 Å². The Morgan fingerprint density at radius 1 is 1.77 bits per heavy atom. The van der Waals surface area contributed by atoms with Crippen molar-refractivity contribution in [1.82, 2.24) is 15.5 Å². The minimum Gasteiger partial charge on any atom is -0.345 e. The maximum absolute atomic E-state index is 11.3. The summed E-state index contributed by atoms with van der Waals surface area (Å²) in [5, 5.41) is 6.07. The highest BCUT2D eigenvalue weighted by Crippen LogP contribution is 1.94. The minimum absolute atomic E-state index is 0.0396. The summed E-state index contributed by atoms with van der Waals surface area (Å²) in [4.78, 5) is 15.0. The Balaban J connectivity index is 2.58. The average molecular weight is 184 g/mol. The minimum atomic E-state index is -0.366. The van der Waals surface area contributed by atoms with E-state index in [-0.39, 0.29) is 17.8 Å². The third-order valence-corrected chi connectivity index (χ3v) is 1.46. The third-order valence-electron chi connectivity index (χ3n) is 1.46. The van der Waals surface area contributed by atoms with Crippen LogP contribution in [-0.2, 0) is 0 Å². The molecule has 0 aliphatic rings. The van der Waals surface area contributed by atoms with Gasteiger partial charge in [0.15, 0.2) is 0 Å². The SMILES string of the molecule is Cc1nc(C(=O)N[C@H](C)CN)no1. The molecule has 1 amide bonds. The van der Waals surface area contributed by atoms with Crippen molar-refractivity contribution in [2.75, 3.05) is 6.54 Å². The second-order valence-electron chi connectivity index (χ2n) is 2.75. The molecule has 0 aromatic carbocycles. The summed E-state index contributed by atoms with van der Waals surface area (Å²) in [5.41, 5.74) is 5.32. The molecule has 0 unspecified atom stereocenters. The topological polar surface area (TPSA) is 94.0 Å². The first kappa shape index (κ1) is 9.66. The van der Waals surface area contributed by atoms with E-state index >= 15 is 0 Å². The molecule has 1 rings (SSSR count). The summed E-state index contributed by atoms with van der Waals surface area (Å²) < 4.78 is 4.65. The lowest BCUT2D eigenvalue weighted by molar-refractivity contribution is 0.0928. The van der Waals surface area contributed by atoms with E-state index in [1.807, 2.05) is 0 Å². The van der Waals surface area contributed by atoms with Gasteiger partial charge in [-0.15, -0.1) is 0 Å². The Morgan fingerprint density at radius 3 is 2.92 bits per heavy atom. The van der Waals surface area contributed by atoms with Gasteiger partial charge in [-0.25, -0.2) is 0 Å². The van der Waals surface area contributed by atoms with Gasteiger partial charge in [0, 0.05) is 19.5 Å². The molecule has 0 saturated heterocycles. The lowest BCUT2D eigenvalue weighted by atomic mass is 10.3. The first-order valence-corrected chi connectivity index (χ1v) is 3.94. The Labute approximate surface area is 75.5 Å². The van der Waals surface area contributed by atoms with Gasteiger partial charge in [0.2, 0.25) is 5.89 Å². The van der Waals surface area contributed by atoms with E-state index in [0.29, 0.717) is 12.4 Å². The number of hydrogen-bond acceptors (Lipinski definition) is 5. The molecule has 0 saturated carbocycles. The lowest BCUT2D eigenvalue weighted by Crippen LogP contribution is -2.38. The lowest BCUT2D eigenvalue weighted by Gasteiger charge is -2.07. The molecule has 6 heteroatoms. The molecule has 6 nitrogen and oxygen atoms in total. The molecular formula is C7H12N4O2. The van der Waals surface area contributed by atoms with Crippen LogP contribution < -0.4 is 11.1 Å². The van der Waals surface area contributed by atoms with Crippen LogP contribution >= 0.6 is 0 Å². The van der Waals surface area contributed by atoms with Crippen molar-refractivity contribution in [3.8, 4) is 0 Å². The number of nitrogens with one attached hydrogen (secondary N) is 1. The van der Waals surface area contributed by atoms with Crippen LogP contribution in [0.15, 0.2) is 4.52 Å². The summed E-state index contributed by atoms with van der Waals surface area (Å²) in [5.74, 6) is 0.0400. The molecule has 0 bridgehead atoms. The second kappa shape index (κ2) is 3.99. The first-order valence-electron chi connectivity index (χ1n) is 3.94. The zero-order valence-electron chi connectivity index (χ0n) is 7.57. The molecule has 0 aliphatic carbocycles. The van der Waals surface area contributed by atoms with Gasteiger partial charge < -0.3 is 15.6 Å². The van der Waals surface area contributed by atoms with Crippen molar-refractivity contribution in [2.45, 2.75) is 19.9 Å². The molecule has 0 radical (unpaired) electrons. The van der Waals surface area contributed by atoms with Gasteiger partial charge in [0.05, 0.1) is 0 Å². The number of rotatable bonds is 3. The van der Waals surface area contributed by atoms with Gasteiger partial charge in [-0.05, 0) is 6.92 Å². The van der Waals surface area contributed by atoms with E-state index in [1.165, 1.54) is 0 Å². The van der Waals surface area contributed by atoms with Gasteiger partial charge in [-0.2, -0.15) is 4.98 Å². The second-order valence-corrected chi connectivity index (χ2v) is 2.75. The number of hydrogen-bond donors (Lipinski definition) is 2. The predicted octanol–water partition coefficient (Wildman–Crippen LogP) is -0.545. The summed E-state index contributed by atoms with van der Waals surface area (Å²) in [7, 11) is 0. The van der Waals surface area contributed by atoms with E-state index in [4.69, 9.17) is 5.73 Å². The highest BCUT2D eigenvalue weighted by molar-refractivity contribution is 5.90. The van der Waals surface area contributed by atoms with Gasteiger partial charge in [-0.1, -0.05) is 5.16 Å². The molecular weight excluding hydrogens is 172 g/mol. The maximum atomic E-state index is 11.3. The molecule has 0 aliphatic heterocycles. The summed E-state index contributed by atoms with van der Waals surface area (Å²) >= 11 is 0. The zero-order chi connectivity index (χ0) is 9.84. The van der Waals surface area contributed by atoms with Crippen molar-refractivity contribution < 1.29 is 9.32 Å². The first-order chi connectivity index (χ1) is 6.13. The van der Waals surface area contributed by atoms with Crippen molar-refractivity contribution in [1.29, 1.82) is 0 Å². The highest BCUT2D eigenvalue weighted by atomic mass is 16.5. The number of nitrogens with zero attached hydrogens (tertiary/aromatic N) is 2. The number of aryl methyl sites for hydroxylation is 1. The quantitative estimate of drug-likeness (QED) is 0.657. The van der Waals surface area contributed by atoms with Crippen LogP contribution in [0, 0.1) is 6.92 Å². The van der Waals surface area contributed by atoms with E-state index in [9.17, 15) is 4.79 Å². The number of aromatic nitrogens is 2. The fourth-order valence-corrected chi connectivity index (χ4v) is 0.739. The van der Waals surface area contributed by atoms with Crippen molar-refractivity contribution in [3.63, 3.8) is 0 Å². The van der Waals surface area contributed by atoms with Crippen LogP contribution in [0.3, 0.4) is 0 Å². The fourth-order valence-electron chi connectivity index (χ4n) is 0.739. The van der Waals surface area contributed by atoms with E-state index in [1.54, 1.807) is 13.8 Å². The monoisotopic (exact) mass is 184 g/mol. The third kappa shape index (κ3) is 2.51. The number of carbonyl (C=O) groups excluding carboxylic acids is 1. The highest BCUT2D eigenvalue weighted by Gasteiger charge is 2.13. The predicted molar refractivity (Wildman–Crippen MR) is 45.0 cm³/mol.